The summed E-state index contributed by atoms with van der Waals surface area (Å²) in [6, 6.07) is 10.8. The lowest BCUT2D eigenvalue weighted by Crippen LogP contribution is -2.38. The Morgan fingerprint density at radius 3 is 2.79 bits per heavy atom. The molecule has 3 heterocycles. The van der Waals surface area contributed by atoms with E-state index in [2.05, 4.69) is 46.4 Å². The van der Waals surface area contributed by atoms with Gasteiger partial charge in [-0.3, -0.25) is 4.79 Å². The lowest BCUT2D eigenvalue weighted by atomic mass is 10.1. The van der Waals surface area contributed by atoms with E-state index >= 15 is 0 Å². The van der Waals surface area contributed by atoms with Crippen molar-refractivity contribution in [2.24, 2.45) is 0 Å². The molecule has 0 unspecified atom stereocenters. The van der Waals surface area contributed by atoms with Crippen LogP contribution in [-0.4, -0.2) is 44.4 Å². The second kappa shape index (κ2) is 8.75. The van der Waals surface area contributed by atoms with Gasteiger partial charge in [-0.25, -0.2) is 9.97 Å². The highest BCUT2D eigenvalue weighted by Crippen LogP contribution is 2.35. The maximum absolute atomic E-state index is 13.0. The maximum atomic E-state index is 13.0. The van der Waals surface area contributed by atoms with E-state index in [0.29, 0.717) is 34.0 Å². The van der Waals surface area contributed by atoms with Gasteiger partial charge in [0, 0.05) is 16.4 Å². The standard InChI is InChI=1S/C22H18BrF3N6O2/c23-12-8-9-17(34-22(24,25)26)14(11-12)18-30-19-13-5-1-2-6-15(13)28-21(32(19)31-18)29-16-7-3-4-10-27-20(16)33/h1-2,5-6,8-9,11,16H,3-4,7,10H2,(H,27,33)(H,28,29)/t16-/m1/s1. The average molecular weight is 535 g/mol. The summed E-state index contributed by atoms with van der Waals surface area (Å²) < 4.78 is 45.2. The van der Waals surface area contributed by atoms with Crippen molar-refractivity contribution in [2.45, 2.75) is 31.7 Å². The molecule has 2 aromatic carbocycles. The van der Waals surface area contributed by atoms with Gasteiger partial charge < -0.3 is 15.4 Å². The Kier molecular flexibility index (Phi) is 5.76. The molecule has 0 bridgehead atoms. The molecule has 1 fully saturated rings. The molecule has 0 radical (unpaired) electrons. The molecule has 4 aromatic rings. The van der Waals surface area contributed by atoms with Crippen molar-refractivity contribution in [2.75, 3.05) is 11.9 Å². The Balaban J connectivity index is 1.67. The molecule has 2 aromatic heterocycles. The number of anilines is 1. The molecule has 0 spiro atoms. The summed E-state index contributed by atoms with van der Waals surface area (Å²) in [5.41, 5.74) is 1.04. The second-order valence-electron chi connectivity index (χ2n) is 7.80. The minimum Gasteiger partial charge on any atom is -0.405 e. The van der Waals surface area contributed by atoms with Crippen LogP contribution in [0.5, 0.6) is 5.75 Å². The van der Waals surface area contributed by atoms with Crippen LogP contribution in [0.3, 0.4) is 0 Å². The van der Waals surface area contributed by atoms with Crippen molar-refractivity contribution in [1.29, 1.82) is 0 Å². The topological polar surface area (TPSA) is 93.4 Å². The molecule has 1 aliphatic rings. The number of amides is 1. The number of halogens is 4. The molecule has 5 rings (SSSR count). The van der Waals surface area contributed by atoms with Gasteiger partial charge in [-0.1, -0.05) is 28.1 Å². The molecule has 1 aliphatic heterocycles. The van der Waals surface area contributed by atoms with Gasteiger partial charge in [0.05, 0.1) is 11.1 Å². The van der Waals surface area contributed by atoms with Crippen LogP contribution in [0, 0.1) is 0 Å². The average Bonchev–Trinajstić information content (AvgIpc) is 3.14. The van der Waals surface area contributed by atoms with Crippen molar-refractivity contribution in [3.05, 3.63) is 46.9 Å². The minimum atomic E-state index is -4.88. The van der Waals surface area contributed by atoms with Crippen molar-refractivity contribution in [3.8, 4) is 17.1 Å². The van der Waals surface area contributed by atoms with Gasteiger partial charge in [-0.2, -0.15) is 4.52 Å². The molecule has 8 nitrogen and oxygen atoms in total. The predicted molar refractivity (Wildman–Crippen MR) is 122 cm³/mol. The molecular formula is C22H18BrF3N6O2. The summed E-state index contributed by atoms with van der Waals surface area (Å²) >= 11 is 3.28. The first-order valence-corrected chi connectivity index (χ1v) is 11.3. The number of aromatic nitrogens is 4. The highest BCUT2D eigenvalue weighted by atomic mass is 79.9. The smallest absolute Gasteiger partial charge is 0.405 e. The predicted octanol–water partition coefficient (Wildman–Crippen LogP) is 4.69. The lowest BCUT2D eigenvalue weighted by Gasteiger charge is -2.16. The van der Waals surface area contributed by atoms with Crippen molar-refractivity contribution < 1.29 is 22.7 Å². The number of alkyl halides is 3. The van der Waals surface area contributed by atoms with Gasteiger partial charge in [0.1, 0.15) is 11.8 Å². The van der Waals surface area contributed by atoms with E-state index < -0.39 is 18.2 Å². The third-order valence-electron chi connectivity index (χ3n) is 5.43. The van der Waals surface area contributed by atoms with Gasteiger partial charge in [0.15, 0.2) is 11.5 Å². The Hall–Kier alpha value is -3.41. The molecule has 1 saturated heterocycles. The fourth-order valence-corrected chi connectivity index (χ4v) is 4.25. The number of fused-ring (bicyclic) bond motifs is 3. The van der Waals surface area contributed by atoms with Gasteiger partial charge >= 0.3 is 6.36 Å². The monoisotopic (exact) mass is 534 g/mol. The van der Waals surface area contributed by atoms with Gasteiger partial charge in [-0.05, 0) is 49.6 Å². The summed E-state index contributed by atoms with van der Waals surface area (Å²) in [6.07, 6.45) is -2.54. The summed E-state index contributed by atoms with van der Waals surface area (Å²) in [4.78, 5) is 21.6. The van der Waals surface area contributed by atoms with E-state index in [0.717, 1.165) is 12.8 Å². The maximum Gasteiger partial charge on any atom is 0.573 e. The van der Waals surface area contributed by atoms with Crippen LogP contribution < -0.4 is 15.4 Å². The highest BCUT2D eigenvalue weighted by molar-refractivity contribution is 9.10. The first kappa shape index (κ1) is 22.4. The quantitative estimate of drug-likeness (QED) is 0.394. The molecule has 12 heteroatoms. The first-order valence-electron chi connectivity index (χ1n) is 10.5. The minimum absolute atomic E-state index is 0.0204. The second-order valence-corrected chi connectivity index (χ2v) is 8.71. The zero-order valence-corrected chi connectivity index (χ0v) is 19.2. The van der Waals surface area contributed by atoms with Crippen LogP contribution >= 0.6 is 15.9 Å². The number of hydrogen-bond acceptors (Lipinski definition) is 6. The Labute approximate surface area is 199 Å². The van der Waals surface area contributed by atoms with E-state index in [1.165, 1.54) is 22.7 Å². The van der Waals surface area contributed by atoms with Crippen molar-refractivity contribution in [3.63, 3.8) is 0 Å². The van der Waals surface area contributed by atoms with Crippen LogP contribution in [-0.2, 0) is 4.79 Å². The Morgan fingerprint density at radius 2 is 1.97 bits per heavy atom. The van der Waals surface area contributed by atoms with E-state index in [9.17, 15) is 18.0 Å². The van der Waals surface area contributed by atoms with Crippen molar-refractivity contribution in [1.82, 2.24) is 24.9 Å². The number of para-hydroxylation sites is 1. The highest BCUT2D eigenvalue weighted by Gasteiger charge is 2.33. The Morgan fingerprint density at radius 1 is 1.15 bits per heavy atom. The number of nitrogens with zero attached hydrogens (tertiary/aromatic N) is 4. The lowest BCUT2D eigenvalue weighted by molar-refractivity contribution is -0.274. The number of ether oxygens (including phenoxy) is 1. The molecule has 1 amide bonds. The number of benzene rings is 2. The molecule has 34 heavy (non-hydrogen) atoms. The van der Waals surface area contributed by atoms with E-state index in [1.54, 1.807) is 12.1 Å². The summed E-state index contributed by atoms with van der Waals surface area (Å²) in [5, 5.41) is 11.1. The molecule has 176 valence electrons. The van der Waals surface area contributed by atoms with Crippen LogP contribution in [0.1, 0.15) is 19.3 Å². The van der Waals surface area contributed by atoms with E-state index in [-0.39, 0.29) is 23.2 Å². The number of carbonyl (C=O) groups excluding carboxylic acids is 1. The third kappa shape index (κ3) is 4.49. The summed E-state index contributed by atoms with van der Waals surface area (Å²) in [6.45, 7) is 0.607. The van der Waals surface area contributed by atoms with Crippen LogP contribution in [0.15, 0.2) is 46.9 Å². The van der Waals surface area contributed by atoms with E-state index in [4.69, 9.17) is 0 Å². The number of hydrogen-bond donors (Lipinski definition) is 2. The van der Waals surface area contributed by atoms with Gasteiger partial charge in [-0.15, -0.1) is 18.3 Å². The van der Waals surface area contributed by atoms with E-state index in [1.807, 2.05) is 12.1 Å². The zero-order chi connectivity index (χ0) is 23.9. The molecule has 0 saturated carbocycles. The molecule has 1 atom stereocenters. The fraction of sp³-hybridized carbons (Fsp3) is 0.273. The van der Waals surface area contributed by atoms with Gasteiger partial charge in [0.25, 0.3) is 0 Å². The first-order chi connectivity index (χ1) is 16.3. The zero-order valence-electron chi connectivity index (χ0n) is 17.6. The molecule has 2 N–H and O–H groups in total. The number of nitrogens with one attached hydrogen (secondary N) is 2. The summed E-state index contributed by atoms with van der Waals surface area (Å²) in [5.74, 6) is -0.287. The van der Waals surface area contributed by atoms with Crippen LogP contribution in [0.4, 0.5) is 19.1 Å². The molecule has 0 aliphatic carbocycles. The van der Waals surface area contributed by atoms with Crippen LogP contribution in [0.2, 0.25) is 0 Å². The third-order valence-corrected chi connectivity index (χ3v) is 5.92. The number of carbonyl (C=O) groups is 1. The van der Waals surface area contributed by atoms with Crippen molar-refractivity contribution >= 4 is 44.3 Å². The largest absolute Gasteiger partial charge is 0.573 e. The normalized spacial score (nSPS) is 16.9. The SMILES string of the molecule is O=C1NCCCC[C@H]1Nc1nc2ccccc2c2nc(-c3cc(Br)ccc3OC(F)(F)F)nn12. The van der Waals surface area contributed by atoms with Gasteiger partial charge in [0.2, 0.25) is 11.9 Å². The molecular weight excluding hydrogens is 517 g/mol. The summed E-state index contributed by atoms with van der Waals surface area (Å²) in [7, 11) is 0. The van der Waals surface area contributed by atoms with Crippen LogP contribution in [0.25, 0.3) is 27.9 Å². The fourth-order valence-electron chi connectivity index (χ4n) is 3.89. The number of rotatable bonds is 4. The Bertz CT molecular complexity index is 1390.